The van der Waals surface area contributed by atoms with Crippen LogP contribution in [0.25, 0.3) is 0 Å². The molecule has 0 saturated heterocycles. The number of pyridine rings is 1. The van der Waals surface area contributed by atoms with Crippen molar-refractivity contribution >= 4 is 15.8 Å². The first kappa shape index (κ1) is 15.9. The maximum Gasteiger partial charge on any atom is 0.246 e. The second-order valence-corrected chi connectivity index (χ2v) is 6.52. The van der Waals surface area contributed by atoms with Gasteiger partial charge in [0.1, 0.15) is 10.7 Å². The summed E-state index contributed by atoms with van der Waals surface area (Å²) >= 11 is 0. The summed E-state index contributed by atoms with van der Waals surface area (Å²) in [5, 5.41) is 2.97. The summed E-state index contributed by atoms with van der Waals surface area (Å²) < 4.78 is 26.3. The highest BCUT2D eigenvalue weighted by Gasteiger charge is 2.24. The number of likely N-dealkylation sites (N-methyl/N-ethyl adjacent to an activating group) is 2. The van der Waals surface area contributed by atoms with Gasteiger partial charge < -0.3 is 10.2 Å². The van der Waals surface area contributed by atoms with Crippen molar-refractivity contribution in [1.29, 1.82) is 0 Å². The van der Waals surface area contributed by atoms with E-state index in [1.807, 2.05) is 25.9 Å². The third-order valence-electron chi connectivity index (χ3n) is 2.67. The normalized spacial score (nSPS) is 12.1. The summed E-state index contributed by atoms with van der Waals surface area (Å²) in [5.41, 5.74) is 0. The number of nitrogens with zero attached hydrogens (tertiary/aromatic N) is 3. The molecular weight excluding hydrogens is 264 g/mol. The zero-order valence-corrected chi connectivity index (χ0v) is 12.7. The first-order chi connectivity index (χ1) is 8.89. The van der Waals surface area contributed by atoms with Crippen LogP contribution in [-0.4, -0.2) is 63.4 Å². The van der Waals surface area contributed by atoms with Gasteiger partial charge >= 0.3 is 0 Å². The largest absolute Gasteiger partial charge is 0.369 e. The summed E-state index contributed by atoms with van der Waals surface area (Å²) in [7, 11) is 1.90. The Morgan fingerprint density at radius 1 is 1.26 bits per heavy atom. The van der Waals surface area contributed by atoms with Crippen molar-refractivity contribution in [2.45, 2.75) is 11.8 Å². The van der Waals surface area contributed by atoms with Crippen LogP contribution in [0.3, 0.4) is 0 Å². The van der Waals surface area contributed by atoms with Gasteiger partial charge in [-0.25, -0.2) is 13.4 Å². The first-order valence-electron chi connectivity index (χ1n) is 6.19. The molecule has 0 unspecified atom stereocenters. The van der Waals surface area contributed by atoms with E-state index in [2.05, 4.69) is 10.3 Å². The summed E-state index contributed by atoms with van der Waals surface area (Å²) in [6, 6.07) is 3.21. The number of sulfonamides is 1. The molecule has 0 fully saturated rings. The summed E-state index contributed by atoms with van der Waals surface area (Å²) in [4.78, 5) is 6.25. The highest BCUT2D eigenvalue weighted by Crippen LogP contribution is 2.21. The lowest BCUT2D eigenvalue weighted by Crippen LogP contribution is -2.34. The van der Waals surface area contributed by atoms with Gasteiger partial charge in [0.15, 0.2) is 0 Å². The monoisotopic (exact) mass is 286 g/mol. The second kappa shape index (κ2) is 6.83. The van der Waals surface area contributed by atoms with E-state index in [4.69, 9.17) is 0 Å². The van der Waals surface area contributed by atoms with Crippen LogP contribution in [0.4, 0.5) is 5.82 Å². The van der Waals surface area contributed by atoms with E-state index in [0.29, 0.717) is 25.5 Å². The number of aromatic nitrogens is 1. The zero-order chi connectivity index (χ0) is 14.5. The molecule has 19 heavy (non-hydrogen) atoms. The Balaban J connectivity index is 2.99. The molecule has 0 bridgehead atoms. The minimum Gasteiger partial charge on any atom is -0.369 e. The molecule has 1 rings (SSSR count). The van der Waals surface area contributed by atoms with E-state index in [0.717, 1.165) is 0 Å². The van der Waals surface area contributed by atoms with E-state index < -0.39 is 10.0 Å². The maximum absolute atomic E-state index is 12.5. The van der Waals surface area contributed by atoms with Gasteiger partial charge in [-0.1, -0.05) is 0 Å². The molecule has 0 aliphatic rings. The Kier molecular flexibility index (Phi) is 5.71. The summed E-state index contributed by atoms with van der Waals surface area (Å²) in [6.07, 6.45) is 1.58. The van der Waals surface area contributed by atoms with Gasteiger partial charge in [0, 0.05) is 32.9 Å². The van der Waals surface area contributed by atoms with Gasteiger partial charge in [-0.15, -0.1) is 0 Å². The first-order valence-corrected chi connectivity index (χ1v) is 7.63. The van der Waals surface area contributed by atoms with Crippen molar-refractivity contribution in [3.8, 4) is 0 Å². The fourth-order valence-corrected chi connectivity index (χ4v) is 2.81. The Morgan fingerprint density at radius 3 is 2.53 bits per heavy atom. The average Bonchev–Trinajstić information content (AvgIpc) is 2.36. The molecule has 0 spiro atoms. The molecule has 1 heterocycles. The van der Waals surface area contributed by atoms with Crippen LogP contribution in [-0.2, 0) is 10.0 Å². The van der Waals surface area contributed by atoms with Gasteiger partial charge in [0.05, 0.1) is 0 Å². The predicted molar refractivity (Wildman–Crippen MR) is 76.8 cm³/mol. The van der Waals surface area contributed by atoms with Gasteiger partial charge in [-0.05, 0) is 33.2 Å². The summed E-state index contributed by atoms with van der Waals surface area (Å²) in [6.45, 7) is 3.64. The molecular formula is C12H22N4O2S. The number of nitrogens with one attached hydrogen (secondary N) is 1. The quantitative estimate of drug-likeness (QED) is 0.799. The molecule has 0 atom stereocenters. The Labute approximate surface area is 115 Å². The number of anilines is 1. The Bertz CT molecular complexity index is 502. The molecule has 6 nitrogen and oxygen atoms in total. The van der Waals surface area contributed by atoms with Gasteiger partial charge in [0.2, 0.25) is 10.0 Å². The third-order valence-corrected chi connectivity index (χ3v) is 4.55. The molecule has 108 valence electrons. The van der Waals surface area contributed by atoms with Crippen LogP contribution in [0.15, 0.2) is 23.2 Å². The molecule has 7 heteroatoms. The van der Waals surface area contributed by atoms with E-state index in [1.165, 1.54) is 4.31 Å². The topological polar surface area (TPSA) is 65.5 Å². The highest BCUT2D eigenvalue weighted by atomic mass is 32.2. The van der Waals surface area contributed by atoms with Crippen molar-refractivity contribution in [3.63, 3.8) is 0 Å². The lowest BCUT2D eigenvalue weighted by molar-refractivity contribution is 0.358. The summed E-state index contributed by atoms with van der Waals surface area (Å²) in [5.74, 6) is 0.404. The fraction of sp³-hybridized carbons (Fsp3) is 0.583. The number of hydrogen-bond acceptors (Lipinski definition) is 5. The van der Waals surface area contributed by atoms with Gasteiger partial charge in [-0.2, -0.15) is 4.31 Å². The predicted octanol–water partition coefficient (Wildman–Crippen LogP) is 0.695. The smallest absolute Gasteiger partial charge is 0.246 e. The average molecular weight is 286 g/mol. The molecule has 1 aromatic heterocycles. The molecule has 1 aromatic rings. The minimum atomic E-state index is -3.51. The van der Waals surface area contributed by atoms with Crippen LogP contribution in [0.1, 0.15) is 6.92 Å². The fourth-order valence-electron chi connectivity index (χ4n) is 1.53. The Hall–Kier alpha value is -1.18. The van der Waals surface area contributed by atoms with Crippen molar-refractivity contribution < 1.29 is 8.42 Å². The molecule has 0 amide bonds. The molecule has 1 N–H and O–H groups in total. The van der Waals surface area contributed by atoms with Crippen molar-refractivity contribution in [2.24, 2.45) is 0 Å². The lowest BCUT2D eigenvalue weighted by atomic mass is 10.4. The van der Waals surface area contributed by atoms with Crippen molar-refractivity contribution in [1.82, 2.24) is 14.2 Å². The zero-order valence-electron chi connectivity index (χ0n) is 11.9. The second-order valence-electron chi connectivity index (χ2n) is 4.51. The van der Waals surface area contributed by atoms with Crippen LogP contribution in [0.5, 0.6) is 0 Å². The van der Waals surface area contributed by atoms with E-state index in [-0.39, 0.29) is 4.90 Å². The van der Waals surface area contributed by atoms with E-state index in [1.54, 1.807) is 25.4 Å². The Morgan fingerprint density at radius 2 is 1.95 bits per heavy atom. The standard InChI is InChI=1S/C12H22N4O2S/c1-5-13-12-11(7-6-8-14-12)19(17,18)16(4)10-9-15(2)3/h6-8H,5,9-10H2,1-4H3,(H,13,14). The molecule has 0 saturated carbocycles. The van der Waals surface area contributed by atoms with Crippen LogP contribution < -0.4 is 5.32 Å². The van der Waals surface area contributed by atoms with Crippen molar-refractivity contribution in [2.75, 3.05) is 46.1 Å². The molecule has 0 aromatic carbocycles. The maximum atomic E-state index is 12.5. The van der Waals surface area contributed by atoms with Gasteiger partial charge in [0.25, 0.3) is 0 Å². The van der Waals surface area contributed by atoms with Crippen LogP contribution in [0.2, 0.25) is 0 Å². The van der Waals surface area contributed by atoms with Crippen LogP contribution >= 0.6 is 0 Å². The van der Waals surface area contributed by atoms with E-state index in [9.17, 15) is 8.42 Å². The highest BCUT2D eigenvalue weighted by molar-refractivity contribution is 7.89. The minimum absolute atomic E-state index is 0.220. The number of hydrogen-bond donors (Lipinski definition) is 1. The van der Waals surface area contributed by atoms with Gasteiger partial charge in [-0.3, -0.25) is 0 Å². The van der Waals surface area contributed by atoms with Crippen LogP contribution in [0, 0.1) is 0 Å². The molecule has 0 radical (unpaired) electrons. The SMILES string of the molecule is CCNc1ncccc1S(=O)(=O)N(C)CCN(C)C. The van der Waals surface area contributed by atoms with Crippen molar-refractivity contribution in [3.05, 3.63) is 18.3 Å². The molecule has 0 aliphatic heterocycles. The number of rotatable bonds is 7. The molecule has 0 aliphatic carbocycles. The van der Waals surface area contributed by atoms with E-state index >= 15 is 0 Å². The third kappa shape index (κ3) is 4.15. The lowest BCUT2D eigenvalue weighted by Gasteiger charge is -2.20.